The van der Waals surface area contributed by atoms with Gasteiger partial charge in [0.05, 0.1) is 17.5 Å². The van der Waals surface area contributed by atoms with Gasteiger partial charge in [-0.1, -0.05) is 19.3 Å². The van der Waals surface area contributed by atoms with Crippen molar-refractivity contribution in [3.05, 3.63) is 17.5 Å². The molecule has 1 aliphatic carbocycles. The van der Waals surface area contributed by atoms with Gasteiger partial charge in [-0.25, -0.2) is 0 Å². The minimum atomic E-state index is 0.153. The fourth-order valence-electron chi connectivity index (χ4n) is 2.72. The van der Waals surface area contributed by atoms with Crippen LogP contribution in [0.3, 0.4) is 0 Å². The summed E-state index contributed by atoms with van der Waals surface area (Å²) in [6, 6.07) is 0. The smallest absolute Gasteiger partial charge is 0.163 e. The fourth-order valence-corrected chi connectivity index (χ4v) is 2.72. The lowest BCUT2D eigenvalue weighted by Gasteiger charge is -2.23. The van der Waals surface area contributed by atoms with Crippen molar-refractivity contribution < 1.29 is 4.79 Å². The first-order valence-electron chi connectivity index (χ1n) is 6.30. The maximum absolute atomic E-state index is 11.6. The van der Waals surface area contributed by atoms with Crippen LogP contribution in [0.25, 0.3) is 0 Å². The first kappa shape index (κ1) is 11.4. The van der Waals surface area contributed by atoms with Crippen molar-refractivity contribution >= 4 is 5.78 Å². The molecule has 0 amide bonds. The summed E-state index contributed by atoms with van der Waals surface area (Å²) < 4.78 is 2.01. The molecule has 0 atom stereocenters. The lowest BCUT2D eigenvalue weighted by atomic mass is 9.85. The highest BCUT2D eigenvalue weighted by Crippen LogP contribution is 2.34. The summed E-state index contributed by atoms with van der Waals surface area (Å²) in [6.07, 6.45) is 8.09. The summed E-state index contributed by atoms with van der Waals surface area (Å²) in [6.45, 7) is 4.59. The van der Waals surface area contributed by atoms with E-state index >= 15 is 0 Å². The van der Waals surface area contributed by atoms with E-state index in [0.717, 1.165) is 12.1 Å². The van der Waals surface area contributed by atoms with Crippen molar-refractivity contribution in [1.29, 1.82) is 0 Å². The van der Waals surface area contributed by atoms with Crippen LogP contribution in [0.1, 0.15) is 67.9 Å². The minimum absolute atomic E-state index is 0.153. The predicted molar refractivity (Wildman–Crippen MR) is 63.7 cm³/mol. The number of aromatic nitrogens is 2. The van der Waals surface area contributed by atoms with Crippen LogP contribution in [-0.4, -0.2) is 15.6 Å². The van der Waals surface area contributed by atoms with E-state index in [1.807, 2.05) is 4.68 Å². The highest BCUT2D eigenvalue weighted by atomic mass is 16.1. The lowest BCUT2D eigenvalue weighted by molar-refractivity contribution is 0.101. The number of hydrogen-bond acceptors (Lipinski definition) is 2. The van der Waals surface area contributed by atoms with Gasteiger partial charge in [0.25, 0.3) is 0 Å². The third-order valence-electron chi connectivity index (χ3n) is 3.55. The van der Waals surface area contributed by atoms with E-state index in [2.05, 4.69) is 12.0 Å². The number of rotatable bonds is 3. The van der Waals surface area contributed by atoms with Crippen molar-refractivity contribution in [3.63, 3.8) is 0 Å². The van der Waals surface area contributed by atoms with E-state index in [9.17, 15) is 4.79 Å². The summed E-state index contributed by atoms with van der Waals surface area (Å²) in [4.78, 5) is 11.6. The lowest BCUT2D eigenvalue weighted by Crippen LogP contribution is -2.14. The molecule has 0 spiro atoms. The number of ketones is 1. The van der Waals surface area contributed by atoms with Gasteiger partial charge in [-0.2, -0.15) is 5.10 Å². The fraction of sp³-hybridized carbons (Fsp3) is 0.692. The van der Waals surface area contributed by atoms with Crippen LogP contribution in [0, 0.1) is 0 Å². The third-order valence-corrected chi connectivity index (χ3v) is 3.55. The molecule has 1 fully saturated rings. The molecule has 16 heavy (non-hydrogen) atoms. The van der Waals surface area contributed by atoms with Gasteiger partial charge in [0.15, 0.2) is 5.78 Å². The molecule has 1 aromatic heterocycles. The van der Waals surface area contributed by atoms with E-state index < -0.39 is 0 Å². The number of Topliss-reactive ketones (excluding diaryl/α,β-unsaturated/α-hetero) is 1. The molecule has 0 saturated heterocycles. The van der Waals surface area contributed by atoms with Crippen LogP contribution < -0.4 is 0 Å². The minimum Gasteiger partial charge on any atom is -0.294 e. The van der Waals surface area contributed by atoms with Crippen LogP contribution in [-0.2, 0) is 6.54 Å². The number of carbonyl (C=O) groups excluding carboxylic acids is 1. The van der Waals surface area contributed by atoms with Gasteiger partial charge in [-0.3, -0.25) is 9.48 Å². The predicted octanol–water partition coefficient (Wildman–Crippen LogP) is 3.15. The van der Waals surface area contributed by atoms with Gasteiger partial charge in [0.1, 0.15) is 0 Å². The molecule has 1 aromatic rings. The number of nitrogens with zero attached hydrogens (tertiary/aromatic N) is 2. The van der Waals surface area contributed by atoms with Gasteiger partial charge in [0.2, 0.25) is 0 Å². The van der Waals surface area contributed by atoms with E-state index in [-0.39, 0.29) is 5.78 Å². The molecule has 88 valence electrons. The molecule has 0 radical (unpaired) electrons. The highest BCUT2D eigenvalue weighted by Gasteiger charge is 2.24. The van der Waals surface area contributed by atoms with Crippen molar-refractivity contribution in [2.75, 3.05) is 0 Å². The second-order valence-electron chi connectivity index (χ2n) is 4.65. The Bertz CT molecular complexity index is 375. The van der Waals surface area contributed by atoms with Crippen molar-refractivity contribution in [1.82, 2.24) is 9.78 Å². The van der Waals surface area contributed by atoms with Crippen LogP contribution in [0.2, 0.25) is 0 Å². The SMILES string of the molecule is CCn1ncc(C(C)=O)c1C1CCCCC1. The molecule has 0 unspecified atom stereocenters. The summed E-state index contributed by atoms with van der Waals surface area (Å²) in [7, 11) is 0. The molecule has 0 N–H and O–H groups in total. The Labute approximate surface area is 96.8 Å². The van der Waals surface area contributed by atoms with Gasteiger partial charge in [-0.15, -0.1) is 0 Å². The Balaban J connectivity index is 2.34. The maximum atomic E-state index is 11.6. The summed E-state index contributed by atoms with van der Waals surface area (Å²) in [5, 5.41) is 4.33. The standard InChI is InChI=1S/C13H20N2O/c1-3-15-13(11-7-5-4-6-8-11)12(9-14-15)10(2)16/h9,11H,3-8H2,1-2H3. The van der Waals surface area contributed by atoms with Crippen LogP contribution in [0.5, 0.6) is 0 Å². The van der Waals surface area contributed by atoms with Crippen molar-refractivity contribution in [2.45, 2.75) is 58.4 Å². The Hall–Kier alpha value is -1.12. The molecular formula is C13H20N2O. The largest absolute Gasteiger partial charge is 0.294 e. The zero-order chi connectivity index (χ0) is 11.5. The Morgan fingerprint density at radius 2 is 2.12 bits per heavy atom. The number of hydrogen-bond donors (Lipinski definition) is 0. The van der Waals surface area contributed by atoms with E-state index in [4.69, 9.17) is 0 Å². The normalized spacial score (nSPS) is 17.6. The molecular weight excluding hydrogens is 200 g/mol. The average molecular weight is 220 g/mol. The third kappa shape index (κ3) is 2.04. The molecule has 3 nitrogen and oxygen atoms in total. The number of aryl methyl sites for hydroxylation is 1. The Morgan fingerprint density at radius 3 is 2.69 bits per heavy atom. The monoisotopic (exact) mass is 220 g/mol. The first-order chi connectivity index (χ1) is 7.74. The van der Waals surface area contributed by atoms with E-state index in [1.165, 1.54) is 37.8 Å². The summed E-state index contributed by atoms with van der Waals surface area (Å²) in [5.74, 6) is 0.704. The molecule has 1 saturated carbocycles. The maximum Gasteiger partial charge on any atom is 0.163 e. The molecule has 0 bridgehead atoms. The molecule has 1 aliphatic rings. The second kappa shape index (κ2) is 4.81. The van der Waals surface area contributed by atoms with Crippen molar-refractivity contribution in [2.24, 2.45) is 0 Å². The van der Waals surface area contributed by atoms with Gasteiger partial charge in [-0.05, 0) is 26.7 Å². The van der Waals surface area contributed by atoms with E-state index in [1.54, 1.807) is 13.1 Å². The zero-order valence-electron chi connectivity index (χ0n) is 10.2. The molecule has 0 aliphatic heterocycles. The first-order valence-corrected chi connectivity index (χ1v) is 6.30. The second-order valence-corrected chi connectivity index (χ2v) is 4.65. The molecule has 1 heterocycles. The van der Waals surface area contributed by atoms with Gasteiger partial charge >= 0.3 is 0 Å². The summed E-state index contributed by atoms with van der Waals surface area (Å²) in [5.41, 5.74) is 2.03. The average Bonchev–Trinajstić information content (AvgIpc) is 2.73. The van der Waals surface area contributed by atoms with E-state index in [0.29, 0.717) is 5.92 Å². The number of carbonyl (C=O) groups is 1. The Kier molecular flexibility index (Phi) is 3.42. The molecule has 3 heteroatoms. The van der Waals surface area contributed by atoms with Crippen LogP contribution in [0.4, 0.5) is 0 Å². The quantitative estimate of drug-likeness (QED) is 0.733. The zero-order valence-corrected chi connectivity index (χ0v) is 10.2. The Morgan fingerprint density at radius 1 is 1.44 bits per heavy atom. The van der Waals surface area contributed by atoms with Crippen molar-refractivity contribution in [3.8, 4) is 0 Å². The van der Waals surface area contributed by atoms with Crippen LogP contribution >= 0.6 is 0 Å². The highest BCUT2D eigenvalue weighted by molar-refractivity contribution is 5.95. The topological polar surface area (TPSA) is 34.9 Å². The summed E-state index contributed by atoms with van der Waals surface area (Å²) >= 11 is 0. The van der Waals surface area contributed by atoms with Gasteiger partial charge < -0.3 is 0 Å². The van der Waals surface area contributed by atoms with Crippen LogP contribution in [0.15, 0.2) is 6.20 Å². The van der Waals surface area contributed by atoms with Gasteiger partial charge in [0, 0.05) is 12.5 Å². The molecule has 0 aromatic carbocycles. The molecule has 2 rings (SSSR count).